The van der Waals surface area contributed by atoms with Crippen LogP contribution in [0.25, 0.3) is 15.9 Å². The Hall–Kier alpha value is -3.34. The zero-order valence-corrected chi connectivity index (χ0v) is 16.4. The van der Waals surface area contributed by atoms with Crippen LogP contribution in [0, 0.1) is 0 Å². The molecule has 2 aromatic heterocycles. The molecular weight excluding hydrogens is 412 g/mol. The Labute approximate surface area is 169 Å². The number of aliphatic imine (C=N–C) groups is 1. The van der Waals surface area contributed by atoms with E-state index < -0.39 is 10.0 Å². The minimum atomic E-state index is -3.79. The average Bonchev–Trinajstić information content (AvgIpc) is 3.22. The average molecular weight is 426 g/mol. The van der Waals surface area contributed by atoms with E-state index in [4.69, 9.17) is 5.14 Å². The van der Waals surface area contributed by atoms with Gasteiger partial charge in [0.2, 0.25) is 15.9 Å². The normalized spacial score (nSPS) is 12.0. The molecule has 0 bridgehead atoms. The Bertz CT molecular complexity index is 1390. The van der Waals surface area contributed by atoms with Gasteiger partial charge in [-0.15, -0.1) is 11.3 Å². The molecule has 0 aliphatic carbocycles. The standard InChI is InChI=1S/C19H14N4O4S2/c20-29(26,27)13-7-5-12(6-8-13)22-11-16-14-3-1-2-4-15(14)17(24)23(18(16)25)19-21-9-10-28-19/h1-11,25H,(H2,20,26,27). The van der Waals surface area contributed by atoms with E-state index in [0.717, 1.165) is 4.57 Å². The van der Waals surface area contributed by atoms with Gasteiger partial charge < -0.3 is 5.11 Å². The molecule has 0 unspecified atom stereocenters. The van der Waals surface area contributed by atoms with Gasteiger partial charge >= 0.3 is 0 Å². The van der Waals surface area contributed by atoms with Crippen molar-refractivity contribution in [3.8, 4) is 11.0 Å². The number of nitrogens with zero attached hydrogens (tertiary/aromatic N) is 3. The molecule has 4 rings (SSSR count). The number of sulfonamides is 1. The van der Waals surface area contributed by atoms with Gasteiger partial charge in [0.25, 0.3) is 5.56 Å². The van der Waals surface area contributed by atoms with Gasteiger partial charge in [-0.2, -0.15) is 0 Å². The molecule has 2 heterocycles. The van der Waals surface area contributed by atoms with E-state index in [1.165, 1.54) is 41.8 Å². The van der Waals surface area contributed by atoms with Crippen LogP contribution in [0.4, 0.5) is 5.69 Å². The number of aromatic nitrogens is 2. The monoisotopic (exact) mass is 426 g/mol. The predicted molar refractivity (Wildman–Crippen MR) is 112 cm³/mol. The van der Waals surface area contributed by atoms with Gasteiger partial charge in [-0.25, -0.2) is 23.1 Å². The van der Waals surface area contributed by atoms with Crippen molar-refractivity contribution in [2.45, 2.75) is 4.90 Å². The molecule has 3 N–H and O–H groups in total. The molecule has 0 amide bonds. The molecule has 8 nitrogen and oxygen atoms in total. The predicted octanol–water partition coefficient (Wildman–Crippen LogP) is 2.55. The molecule has 4 aromatic rings. The smallest absolute Gasteiger partial charge is 0.267 e. The highest BCUT2D eigenvalue weighted by molar-refractivity contribution is 7.89. The highest BCUT2D eigenvalue weighted by Crippen LogP contribution is 2.27. The van der Waals surface area contributed by atoms with Crippen LogP contribution in [-0.4, -0.2) is 29.3 Å². The van der Waals surface area contributed by atoms with E-state index in [2.05, 4.69) is 9.98 Å². The lowest BCUT2D eigenvalue weighted by molar-refractivity contribution is 0.436. The summed E-state index contributed by atoms with van der Waals surface area (Å²) >= 11 is 1.22. The number of nitrogens with two attached hydrogens (primary N) is 1. The van der Waals surface area contributed by atoms with E-state index in [0.29, 0.717) is 27.2 Å². The molecule has 0 aliphatic rings. The summed E-state index contributed by atoms with van der Waals surface area (Å²) in [5.41, 5.74) is 0.404. The first-order valence-electron chi connectivity index (χ1n) is 8.30. The maximum atomic E-state index is 12.9. The Morgan fingerprint density at radius 3 is 2.41 bits per heavy atom. The lowest BCUT2D eigenvalue weighted by Crippen LogP contribution is -2.19. The van der Waals surface area contributed by atoms with Crippen LogP contribution in [-0.2, 0) is 10.0 Å². The lowest BCUT2D eigenvalue weighted by Gasteiger charge is -2.11. The summed E-state index contributed by atoms with van der Waals surface area (Å²) in [6.45, 7) is 0. The maximum absolute atomic E-state index is 12.9. The number of pyridine rings is 1. The lowest BCUT2D eigenvalue weighted by atomic mass is 10.1. The molecule has 2 aromatic carbocycles. The fourth-order valence-electron chi connectivity index (χ4n) is 2.85. The minimum Gasteiger partial charge on any atom is -0.494 e. The van der Waals surface area contributed by atoms with E-state index in [-0.39, 0.29) is 16.3 Å². The number of rotatable bonds is 4. The van der Waals surface area contributed by atoms with Crippen molar-refractivity contribution in [2.24, 2.45) is 10.1 Å². The van der Waals surface area contributed by atoms with Crippen LogP contribution in [0.15, 0.2) is 74.8 Å². The van der Waals surface area contributed by atoms with Crippen molar-refractivity contribution in [3.63, 3.8) is 0 Å². The second-order valence-corrected chi connectivity index (χ2v) is 8.47. The number of primary sulfonamides is 1. The Morgan fingerprint density at radius 1 is 1.10 bits per heavy atom. The molecule has 0 saturated heterocycles. The van der Waals surface area contributed by atoms with Gasteiger partial charge in [0.05, 0.1) is 16.1 Å². The van der Waals surface area contributed by atoms with Gasteiger partial charge in [0, 0.05) is 28.6 Å². The summed E-state index contributed by atoms with van der Waals surface area (Å²) in [6.07, 6.45) is 2.97. The third-order valence-corrected chi connectivity index (χ3v) is 5.91. The molecule has 29 heavy (non-hydrogen) atoms. The summed E-state index contributed by atoms with van der Waals surface area (Å²) < 4.78 is 23.9. The highest BCUT2D eigenvalue weighted by Gasteiger charge is 2.17. The quantitative estimate of drug-likeness (QED) is 0.485. The van der Waals surface area contributed by atoms with Crippen molar-refractivity contribution in [1.29, 1.82) is 0 Å². The summed E-state index contributed by atoms with van der Waals surface area (Å²) in [4.78, 5) is 21.3. The number of hydrogen-bond acceptors (Lipinski definition) is 7. The number of aromatic hydroxyl groups is 1. The summed E-state index contributed by atoms with van der Waals surface area (Å²) in [5.74, 6) is -0.284. The van der Waals surface area contributed by atoms with E-state index in [9.17, 15) is 18.3 Å². The van der Waals surface area contributed by atoms with E-state index in [1.807, 2.05) is 0 Å². The third-order valence-electron chi connectivity index (χ3n) is 4.22. The van der Waals surface area contributed by atoms with Gasteiger partial charge in [-0.3, -0.25) is 9.79 Å². The molecule has 0 radical (unpaired) electrons. The van der Waals surface area contributed by atoms with Crippen molar-refractivity contribution >= 4 is 44.0 Å². The van der Waals surface area contributed by atoms with Crippen molar-refractivity contribution in [3.05, 3.63) is 76.0 Å². The first-order chi connectivity index (χ1) is 13.9. The molecule has 10 heteroatoms. The molecule has 0 aliphatic heterocycles. The van der Waals surface area contributed by atoms with Crippen LogP contribution in [0.2, 0.25) is 0 Å². The largest absolute Gasteiger partial charge is 0.494 e. The number of hydrogen-bond donors (Lipinski definition) is 2. The number of benzene rings is 2. The number of thiazole rings is 1. The molecule has 0 saturated carbocycles. The molecule has 0 atom stereocenters. The first kappa shape index (κ1) is 19.0. The SMILES string of the molecule is NS(=O)(=O)c1ccc(N=Cc2c(O)n(-c3nccs3)c(=O)c3ccccc23)cc1. The molecule has 0 spiro atoms. The summed E-state index contributed by atoms with van der Waals surface area (Å²) in [6, 6.07) is 12.5. The zero-order valence-electron chi connectivity index (χ0n) is 14.8. The van der Waals surface area contributed by atoms with Gasteiger partial charge in [-0.05, 0) is 30.3 Å². The first-order valence-corrected chi connectivity index (χ1v) is 10.7. The topological polar surface area (TPSA) is 128 Å². The van der Waals surface area contributed by atoms with E-state index >= 15 is 0 Å². The van der Waals surface area contributed by atoms with Crippen LogP contribution in [0.3, 0.4) is 0 Å². The second kappa shape index (κ2) is 7.24. The van der Waals surface area contributed by atoms with Crippen LogP contribution in [0.5, 0.6) is 5.88 Å². The number of fused-ring (bicyclic) bond motifs is 1. The Morgan fingerprint density at radius 2 is 1.79 bits per heavy atom. The van der Waals surface area contributed by atoms with Crippen molar-refractivity contribution in [2.75, 3.05) is 0 Å². The van der Waals surface area contributed by atoms with Crippen LogP contribution < -0.4 is 10.7 Å². The fraction of sp³-hybridized carbons (Fsp3) is 0. The van der Waals surface area contributed by atoms with Crippen LogP contribution in [0.1, 0.15) is 5.56 Å². The molecular formula is C19H14N4O4S2. The zero-order chi connectivity index (χ0) is 20.6. The van der Waals surface area contributed by atoms with Crippen LogP contribution >= 0.6 is 11.3 Å². The Balaban J connectivity index is 1.87. The Kier molecular flexibility index (Phi) is 4.74. The third kappa shape index (κ3) is 3.56. The summed E-state index contributed by atoms with van der Waals surface area (Å²) in [5, 5.41) is 18.9. The highest BCUT2D eigenvalue weighted by atomic mass is 32.2. The minimum absolute atomic E-state index is 0.0259. The van der Waals surface area contributed by atoms with Gasteiger partial charge in [0.1, 0.15) is 0 Å². The molecule has 146 valence electrons. The molecule has 0 fully saturated rings. The van der Waals surface area contributed by atoms with Gasteiger partial charge in [0.15, 0.2) is 5.13 Å². The second-order valence-electron chi connectivity index (χ2n) is 6.04. The summed E-state index contributed by atoms with van der Waals surface area (Å²) in [7, 11) is -3.79. The maximum Gasteiger partial charge on any atom is 0.267 e. The van der Waals surface area contributed by atoms with Crippen molar-refractivity contribution < 1.29 is 13.5 Å². The van der Waals surface area contributed by atoms with E-state index in [1.54, 1.807) is 35.8 Å². The fourth-order valence-corrected chi connectivity index (χ4v) is 4.01. The van der Waals surface area contributed by atoms with Crippen molar-refractivity contribution in [1.82, 2.24) is 9.55 Å². The van der Waals surface area contributed by atoms with Gasteiger partial charge in [-0.1, -0.05) is 18.2 Å².